The first-order chi connectivity index (χ1) is 20.1. The Morgan fingerprint density at radius 1 is 1.00 bits per heavy atom. The van der Waals surface area contributed by atoms with Gasteiger partial charge in [0.15, 0.2) is 18.1 Å². The summed E-state index contributed by atoms with van der Waals surface area (Å²) in [5.41, 5.74) is 5.54. The number of furan rings is 1. The zero-order valence-corrected chi connectivity index (χ0v) is 22.6. The third kappa shape index (κ3) is 4.27. The molecule has 6 aromatic rings. The summed E-state index contributed by atoms with van der Waals surface area (Å²) >= 11 is 0. The molecule has 1 aliphatic heterocycles. The van der Waals surface area contributed by atoms with Crippen LogP contribution in [0.25, 0.3) is 11.3 Å². The Hall–Kier alpha value is -5.45. The predicted octanol–water partition coefficient (Wildman–Crippen LogP) is 5.45. The third-order valence-electron chi connectivity index (χ3n) is 7.00. The largest absolute Gasteiger partial charge is 0.497 e. The van der Waals surface area contributed by atoms with Gasteiger partial charge in [-0.1, -0.05) is 23.4 Å². The normalized spacial score (nSPS) is 14.4. The minimum absolute atomic E-state index is 0.0758. The summed E-state index contributed by atoms with van der Waals surface area (Å²) in [6.45, 7) is 3.91. The molecule has 1 atom stereocenters. The number of nitrogens with zero attached hydrogens (tertiary/aromatic N) is 7. The van der Waals surface area contributed by atoms with Gasteiger partial charge in [0.05, 0.1) is 47.5 Å². The van der Waals surface area contributed by atoms with Crippen molar-refractivity contribution in [3.05, 3.63) is 113 Å². The number of hydrogen-bond acceptors (Lipinski definition) is 9. The topological polar surface area (TPSA) is 114 Å². The first kappa shape index (κ1) is 24.6. The first-order valence-electron chi connectivity index (χ1n) is 13.0. The number of aromatic nitrogens is 6. The summed E-state index contributed by atoms with van der Waals surface area (Å²) in [7, 11) is 1.63. The molecule has 11 heteroatoms. The van der Waals surface area contributed by atoms with Crippen molar-refractivity contribution in [1.29, 1.82) is 0 Å². The molecular formula is C30H25N7O4. The van der Waals surface area contributed by atoms with Crippen LogP contribution in [0.3, 0.4) is 0 Å². The molecule has 0 aliphatic carbocycles. The lowest BCUT2D eigenvalue weighted by Gasteiger charge is -2.24. The van der Waals surface area contributed by atoms with Crippen molar-refractivity contribution >= 4 is 11.4 Å². The molecule has 204 valence electrons. The van der Waals surface area contributed by atoms with E-state index in [1.165, 1.54) is 0 Å². The summed E-state index contributed by atoms with van der Waals surface area (Å²) in [4.78, 5) is 15.0. The van der Waals surface area contributed by atoms with E-state index in [0.717, 1.165) is 45.3 Å². The molecule has 4 aromatic heterocycles. The number of benzene rings is 2. The summed E-state index contributed by atoms with van der Waals surface area (Å²) in [5.74, 6) is 2.60. The average Bonchev–Trinajstić information content (AvgIpc) is 3.76. The van der Waals surface area contributed by atoms with Crippen molar-refractivity contribution in [2.75, 3.05) is 7.11 Å². The lowest BCUT2D eigenvalue weighted by atomic mass is 9.88. The molecule has 0 saturated carbocycles. The molecule has 1 unspecified atom stereocenters. The summed E-state index contributed by atoms with van der Waals surface area (Å²) in [6.07, 6.45) is 3.23. The standard InChI is InChI=1S/C30H25N7O4/c1-18(20-11-13-22(38-3)14-12-20)35-40-16-24-32-28-27-26(23-10-7-15-39-23)25-19(2)33-37(21-8-5-4-6-9-21)30(25)41-29(27)31-17-36(28)34-24/h4-15,17,26H,16H2,1-3H3/b35-18+. The molecule has 41 heavy (non-hydrogen) atoms. The minimum Gasteiger partial charge on any atom is -0.497 e. The highest BCUT2D eigenvalue weighted by atomic mass is 16.6. The molecule has 0 amide bonds. The molecule has 0 saturated heterocycles. The van der Waals surface area contributed by atoms with E-state index in [1.807, 2.05) is 80.6 Å². The molecular weight excluding hydrogens is 522 g/mol. The second kappa shape index (κ2) is 9.94. The molecule has 7 rings (SSSR count). The van der Waals surface area contributed by atoms with Gasteiger partial charge in [-0.15, -0.1) is 5.10 Å². The SMILES string of the molecule is COc1ccc(/C(C)=N/OCc2nc3c4c(ncn3n2)Oc2c(c(C)nn2-c2ccccc2)C4c2ccco2)cc1. The van der Waals surface area contributed by atoms with Crippen LogP contribution < -0.4 is 9.47 Å². The van der Waals surface area contributed by atoms with Crippen LogP contribution in [-0.4, -0.2) is 42.2 Å². The van der Waals surface area contributed by atoms with Crippen molar-refractivity contribution in [2.24, 2.45) is 5.16 Å². The Morgan fingerprint density at radius 2 is 1.83 bits per heavy atom. The molecule has 2 aromatic carbocycles. The maximum absolute atomic E-state index is 6.41. The quantitative estimate of drug-likeness (QED) is 0.191. The van der Waals surface area contributed by atoms with E-state index < -0.39 is 0 Å². The van der Waals surface area contributed by atoms with E-state index in [1.54, 1.807) is 28.9 Å². The highest BCUT2D eigenvalue weighted by Gasteiger charge is 2.39. The monoisotopic (exact) mass is 547 g/mol. The van der Waals surface area contributed by atoms with Crippen LogP contribution in [0.5, 0.6) is 17.5 Å². The summed E-state index contributed by atoms with van der Waals surface area (Å²) in [6, 6.07) is 21.2. The van der Waals surface area contributed by atoms with Crippen molar-refractivity contribution in [3.63, 3.8) is 0 Å². The zero-order valence-electron chi connectivity index (χ0n) is 22.6. The van der Waals surface area contributed by atoms with E-state index in [-0.39, 0.29) is 12.5 Å². The van der Waals surface area contributed by atoms with Gasteiger partial charge in [0.25, 0.3) is 0 Å². The van der Waals surface area contributed by atoms with Crippen LogP contribution in [0, 0.1) is 6.92 Å². The predicted molar refractivity (Wildman–Crippen MR) is 149 cm³/mol. The minimum atomic E-state index is -0.356. The molecule has 0 bridgehead atoms. The number of methoxy groups -OCH3 is 1. The van der Waals surface area contributed by atoms with E-state index in [4.69, 9.17) is 28.8 Å². The number of ether oxygens (including phenoxy) is 2. The molecule has 0 N–H and O–H groups in total. The Kier molecular flexibility index (Phi) is 5.96. The van der Waals surface area contributed by atoms with Gasteiger partial charge in [0.1, 0.15) is 17.8 Å². The molecule has 0 fully saturated rings. The second-order valence-corrected chi connectivity index (χ2v) is 9.54. The van der Waals surface area contributed by atoms with Gasteiger partial charge in [-0.05, 0) is 67.9 Å². The fraction of sp³-hybridized carbons (Fsp3) is 0.167. The van der Waals surface area contributed by atoms with Crippen molar-refractivity contribution in [3.8, 4) is 23.2 Å². The number of aryl methyl sites for hydroxylation is 1. The van der Waals surface area contributed by atoms with Gasteiger partial charge >= 0.3 is 0 Å². The number of fused-ring (bicyclic) bond motifs is 4. The maximum atomic E-state index is 6.41. The van der Waals surface area contributed by atoms with Crippen LogP contribution >= 0.6 is 0 Å². The lowest BCUT2D eigenvalue weighted by molar-refractivity contribution is 0.125. The van der Waals surface area contributed by atoms with E-state index in [9.17, 15) is 0 Å². The number of rotatable bonds is 7. The van der Waals surface area contributed by atoms with Crippen molar-refractivity contribution in [2.45, 2.75) is 26.4 Å². The fourth-order valence-electron chi connectivity index (χ4n) is 5.04. The van der Waals surface area contributed by atoms with Crippen LogP contribution in [0.4, 0.5) is 0 Å². The maximum Gasteiger partial charge on any atom is 0.230 e. The lowest BCUT2D eigenvalue weighted by Crippen LogP contribution is -2.15. The molecule has 0 spiro atoms. The molecule has 11 nitrogen and oxygen atoms in total. The highest BCUT2D eigenvalue weighted by molar-refractivity contribution is 5.98. The fourth-order valence-corrected chi connectivity index (χ4v) is 5.04. The van der Waals surface area contributed by atoms with Gasteiger partial charge < -0.3 is 18.7 Å². The number of para-hydroxylation sites is 1. The zero-order chi connectivity index (χ0) is 27.9. The summed E-state index contributed by atoms with van der Waals surface area (Å²) < 4.78 is 21.0. The van der Waals surface area contributed by atoms with E-state index in [2.05, 4.69) is 15.2 Å². The average molecular weight is 548 g/mol. The van der Waals surface area contributed by atoms with Crippen molar-refractivity contribution in [1.82, 2.24) is 29.4 Å². The Labute approximate surface area is 234 Å². The van der Waals surface area contributed by atoms with E-state index in [0.29, 0.717) is 23.2 Å². The number of hydrogen-bond donors (Lipinski definition) is 0. The Bertz CT molecular complexity index is 1870. The van der Waals surface area contributed by atoms with Gasteiger partial charge in [-0.2, -0.15) is 5.10 Å². The molecule has 5 heterocycles. The van der Waals surface area contributed by atoms with Gasteiger partial charge in [0, 0.05) is 0 Å². The Balaban J connectivity index is 1.25. The summed E-state index contributed by atoms with van der Waals surface area (Å²) in [5, 5.41) is 13.7. The molecule has 0 radical (unpaired) electrons. The first-order valence-corrected chi connectivity index (χ1v) is 13.0. The van der Waals surface area contributed by atoms with Crippen LogP contribution in [0.1, 0.15) is 46.8 Å². The van der Waals surface area contributed by atoms with Gasteiger partial charge in [-0.3, -0.25) is 0 Å². The second-order valence-electron chi connectivity index (χ2n) is 9.54. The van der Waals surface area contributed by atoms with Gasteiger partial charge in [-0.25, -0.2) is 19.2 Å². The molecule has 1 aliphatic rings. The van der Waals surface area contributed by atoms with E-state index >= 15 is 0 Å². The number of oxime groups is 1. The van der Waals surface area contributed by atoms with Gasteiger partial charge in [0.2, 0.25) is 11.8 Å². The smallest absolute Gasteiger partial charge is 0.230 e. The van der Waals surface area contributed by atoms with Crippen LogP contribution in [-0.2, 0) is 11.4 Å². The van der Waals surface area contributed by atoms with Crippen LogP contribution in [0.15, 0.2) is 88.9 Å². The van der Waals surface area contributed by atoms with Crippen LogP contribution in [0.2, 0.25) is 0 Å². The third-order valence-corrected chi connectivity index (χ3v) is 7.00. The Morgan fingerprint density at radius 3 is 2.59 bits per heavy atom. The highest BCUT2D eigenvalue weighted by Crippen LogP contribution is 2.49. The van der Waals surface area contributed by atoms with Crippen molar-refractivity contribution < 1.29 is 18.7 Å².